The van der Waals surface area contributed by atoms with Crippen LogP contribution >= 0.6 is 11.6 Å². The van der Waals surface area contributed by atoms with E-state index in [1.165, 1.54) is 22.3 Å². The fourth-order valence-electron chi connectivity index (χ4n) is 3.07. The molecule has 0 radical (unpaired) electrons. The molecule has 0 saturated heterocycles. The number of benzene rings is 2. The predicted octanol–water partition coefficient (Wildman–Crippen LogP) is 3.61. The summed E-state index contributed by atoms with van der Waals surface area (Å²) in [6.07, 6.45) is 1.61. The van der Waals surface area contributed by atoms with Gasteiger partial charge in [-0.2, -0.15) is 5.10 Å². The number of aromatic nitrogens is 2. The van der Waals surface area contributed by atoms with Gasteiger partial charge in [0.1, 0.15) is 5.02 Å². The van der Waals surface area contributed by atoms with Gasteiger partial charge in [0.2, 0.25) is 0 Å². The van der Waals surface area contributed by atoms with Crippen molar-refractivity contribution in [2.45, 2.75) is 13.1 Å². The molecule has 1 aliphatic rings. The highest BCUT2D eigenvalue weighted by Crippen LogP contribution is 2.35. The lowest BCUT2D eigenvalue weighted by Gasteiger charge is -2.23. The van der Waals surface area contributed by atoms with Gasteiger partial charge in [0.05, 0.1) is 11.9 Å². The van der Waals surface area contributed by atoms with E-state index in [1.54, 1.807) is 6.20 Å². The van der Waals surface area contributed by atoms with Crippen LogP contribution < -0.4 is 10.5 Å². The molecule has 5 heteroatoms. The molecule has 0 atom stereocenters. The Kier molecular flexibility index (Phi) is 3.39. The van der Waals surface area contributed by atoms with Gasteiger partial charge in [-0.1, -0.05) is 60.1 Å². The molecule has 0 fully saturated rings. The van der Waals surface area contributed by atoms with Crippen LogP contribution in [0, 0.1) is 0 Å². The topological polar surface area (TPSA) is 49.0 Å². The fraction of sp³-hybridized carbons (Fsp3) is 0.111. The third-order valence-electron chi connectivity index (χ3n) is 4.17. The van der Waals surface area contributed by atoms with Crippen LogP contribution in [0.15, 0.2) is 59.5 Å². The summed E-state index contributed by atoms with van der Waals surface area (Å²) in [6.45, 7) is 1.35. The van der Waals surface area contributed by atoms with Crippen molar-refractivity contribution in [2.24, 2.45) is 0 Å². The molecule has 114 valence electrons. The molecule has 2 heterocycles. The Morgan fingerprint density at radius 2 is 1.52 bits per heavy atom. The summed E-state index contributed by atoms with van der Waals surface area (Å²) >= 11 is 6.21. The standard InChI is InChI=1S/C18H14ClN3O/c19-17-16(9-20-21-18(17)23)22-10-12-5-1-3-7-14(12)15-8-4-2-6-13(15)11-22/h1-9H,10-11H2,(H,21,23). The molecule has 0 saturated carbocycles. The Balaban J connectivity index is 1.90. The average molecular weight is 324 g/mol. The number of nitrogens with one attached hydrogen (secondary N) is 1. The van der Waals surface area contributed by atoms with Gasteiger partial charge >= 0.3 is 0 Å². The third-order valence-corrected chi connectivity index (χ3v) is 4.53. The van der Waals surface area contributed by atoms with Gasteiger partial charge in [-0.15, -0.1) is 0 Å². The molecule has 0 spiro atoms. The van der Waals surface area contributed by atoms with Gasteiger partial charge in [-0.05, 0) is 22.3 Å². The minimum absolute atomic E-state index is 0.178. The number of anilines is 1. The second-order valence-electron chi connectivity index (χ2n) is 5.57. The molecule has 1 N–H and O–H groups in total. The summed E-state index contributed by atoms with van der Waals surface area (Å²) in [5, 5.41) is 6.45. The normalized spacial score (nSPS) is 13.2. The summed E-state index contributed by atoms with van der Waals surface area (Å²) in [6, 6.07) is 16.6. The summed E-state index contributed by atoms with van der Waals surface area (Å²) in [5.41, 5.74) is 5.14. The maximum Gasteiger partial charge on any atom is 0.285 e. The van der Waals surface area contributed by atoms with Crippen molar-refractivity contribution in [3.63, 3.8) is 0 Å². The molecule has 0 bridgehead atoms. The summed E-state index contributed by atoms with van der Waals surface area (Å²) in [7, 11) is 0. The van der Waals surface area contributed by atoms with Crippen LogP contribution in [-0.2, 0) is 13.1 Å². The smallest absolute Gasteiger partial charge is 0.285 e. The summed E-state index contributed by atoms with van der Waals surface area (Å²) < 4.78 is 0. The van der Waals surface area contributed by atoms with E-state index in [2.05, 4.69) is 39.4 Å². The van der Waals surface area contributed by atoms with Gasteiger partial charge in [0.15, 0.2) is 0 Å². The zero-order valence-corrected chi connectivity index (χ0v) is 13.0. The van der Waals surface area contributed by atoms with Gasteiger partial charge in [-0.3, -0.25) is 4.79 Å². The Labute approximate surface area is 138 Å². The Bertz CT molecular complexity index is 888. The lowest BCUT2D eigenvalue weighted by Crippen LogP contribution is -2.24. The second-order valence-corrected chi connectivity index (χ2v) is 5.95. The molecule has 0 amide bonds. The number of rotatable bonds is 1. The van der Waals surface area contributed by atoms with Crippen LogP contribution in [0.3, 0.4) is 0 Å². The summed E-state index contributed by atoms with van der Waals surface area (Å²) in [5.74, 6) is 0. The highest BCUT2D eigenvalue weighted by atomic mass is 35.5. The number of hydrogen-bond acceptors (Lipinski definition) is 3. The zero-order chi connectivity index (χ0) is 15.8. The van der Waals surface area contributed by atoms with E-state index in [1.807, 2.05) is 24.3 Å². The Morgan fingerprint density at radius 1 is 0.957 bits per heavy atom. The monoisotopic (exact) mass is 323 g/mol. The molecule has 2 aromatic carbocycles. The molecule has 0 aliphatic carbocycles. The van der Waals surface area contributed by atoms with Crippen LogP contribution in [0.2, 0.25) is 5.02 Å². The highest BCUT2D eigenvalue weighted by molar-refractivity contribution is 6.33. The number of fused-ring (bicyclic) bond motifs is 3. The molecule has 23 heavy (non-hydrogen) atoms. The van der Waals surface area contributed by atoms with E-state index in [4.69, 9.17) is 11.6 Å². The van der Waals surface area contributed by atoms with Gasteiger partial charge in [0, 0.05) is 13.1 Å². The second kappa shape index (κ2) is 5.56. The van der Waals surface area contributed by atoms with Gasteiger partial charge in [0.25, 0.3) is 5.56 Å². The number of nitrogens with zero attached hydrogens (tertiary/aromatic N) is 2. The molecular formula is C18H14ClN3O. The first-order chi connectivity index (χ1) is 11.2. The van der Waals surface area contributed by atoms with Crippen molar-refractivity contribution in [1.29, 1.82) is 0 Å². The number of halogens is 1. The van der Waals surface area contributed by atoms with E-state index in [9.17, 15) is 4.79 Å². The number of H-pyrrole nitrogens is 1. The minimum atomic E-state index is -0.366. The average Bonchev–Trinajstić information content (AvgIpc) is 2.74. The lowest BCUT2D eigenvalue weighted by molar-refractivity contribution is 0.801. The van der Waals surface area contributed by atoms with Crippen molar-refractivity contribution in [1.82, 2.24) is 10.2 Å². The Morgan fingerprint density at radius 3 is 2.13 bits per heavy atom. The zero-order valence-electron chi connectivity index (χ0n) is 12.3. The first-order valence-corrected chi connectivity index (χ1v) is 7.76. The van der Waals surface area contributed by atoms with Crippen LogP contribution in [0.5, 0.6) is 0 Å². The Hall–Kier alpha value is -2.59. The molecule has 3 aromatic rings. The third kappa shape index (κ3) is 2.41. The highest BCUT2D eigenvalue weighted by Gasteiger charge is 2.21. The number of hydrogen-bond donors (Lipinski definition) is 1. The SMILES string of the molecule is O=c1[nH]ncc(N2Cc3ccccc3-c3ccccc3C2)c1Cl. The van der Waals surface area contributed by atoms with Crippen molar-refractivity contribution < 1.29 is 0 Å². The molecule has 1 aromatic heterocycles. The van der Waals surface area contributed by atoms with E-state index in [-0.39, 0.29) is 10.6 Å². The first kappa shape index (κ1) is 14.0. The van der Waals surface area contributed by atoms with Crippen molar-refractivity contribution in [2.75, 3.05) is 4.90 Å². The van der Waals surface area contributed by atoms with Gasteiger partial charge < -0.3 is 4.90 Å². The molecule has 1 aliphatic heterocycles. The lowest BCUT2D eigenvalue weighted by atomic mass is 9.97. The quantitative estimate of drug-likeness (QED) is 0.744. The van der Waals surface area contributed by atoms with Crippen LogP contribution in [-0.4, -0.2) is 10.2 Å². The van der Waals surface area contributed by atoms with E-state index in [0.29, 0.717) is 18.8 Å². The van der Waals surface area contributed by atoms with Crippen molar-refractivity contribution in [3.8, 4) is 11.1 Å². The van der Waals surface area contributed by atoms with Crippen molar-refractivity contribution >= 4 is 17.3 Å². The molecular weight excluding hydrogens is 310 g/mol. The minimum Gasteiger partial charge on any atom is -0.360 e. The molecule has 4 nitrogen and oxygen atoms in total. The maximum atomic E-state index is 11.8. The maximum absolute atomic E-state index is 11.8. The van der Waals surface area contributed by atoms with Crippen LogP contribution in [0.25, 0.3) is 11.1 Å². The van der Waals surface area contributed by atoms with E-state index in [0.717, 1.165) is 0 Å². The molecule has 0 unspecified atom stereocenters. The summed E-state index contributed by atoms with van der Waals surface area (Å²) in [4.78, 5) is 13.9. The molecule has 4 rings (SSSR count). The van der Waals surface area contributed by atoms with Crippen LogP contribution in [0.1, 0.15) is 11.1 Å². The van der Waals surface area contributed by atoms with E-state index < -0.39 is 0 Å². The van der Waals surface area contributed by atoms with Gasteiger partial charge in [-0.25, -0.2) is 5.10 Å². The van der Waals surface area contributed by atoms with E-state index >= 15 is 0 Å². The fourth-order valence-corrected chi connectivity index (χ4v) is 3.28. The largest absolute Gasteiger partial charge is 0.360 e. The predicted molar refractivity (Wildman–Crippen MR) is 91.6 cm³/mol. The first-order valence-electron chi connectivity index (χ1n) is 7.38. The number of aromatic amines is 1. The van der Waals surface area contributed by atoms with Crippen LogP contribution in [0.4, 0.5) is 5.69 Å². The van der Waals surface area contributed by atoms with Crippen molar-refractivity contribution in [3.05, 3.63) is 81.2 Å².